The first-order valence-electron chi connectivity index (χ1n) is 12.8. The van der Waals surface area contributed by atoms with Crippen molar-refractivity contribution >= 4 is 17.1 Å². The lowest BCUT2D eigenvalue weighted by Gasteiger charge is -2.32. The highest BCUT2D eigenvalue weighted by Crippen LogP contribution is 2.25. The SMILES string of the molecule is CC(C)(C)OC(=O)NCCCCCCN1CCC(n2cc(-c3cnc4ccccc4n3)cn2)CC1. The van der Waals surface area contributed by atoms with E-state index >= 15 is 0 Å². The Hall–Kier alpha value is -3.00. The van der Waals surface area contributed by atoms with Crippen LogP contribution in [0.25, 0.3) is 22.3 Å². The second-order valence-electron chi connectivity index (χ2n) is 10.4. The average molecular weight is 479 g/mol. The molecule has 8 nitrogen and oxygen atoms in total. The quantitative estimate of drug-likeness (QED) is 0.425. The van der Waals surface area contributed by atoms with Crippen LogP contribution in [0.4, 0.5) is 4.79 Å². The van der Waals surface area contributed by atoms with Gasteiger partial charge in [0.05, 0.1) is 35.2 Å². The fraction of sp³-hybridized carbons (Fsp3) is 0.556. The van der Waals surface area contributed by atoms with E-state index in [0.717, 1.165) is 67.6 Å². The summed E-state index contributed by atoms with van der Waals surface area (Å²) in [4.78, 5) is 23.5. The number of carbonyl (C=O) groups is 1. The van der Waals surface area contributed by atoms with Crippen molar-refractivity contribution in [3.05, 3.63) is 42.9 Å². The van der Waals surface area contributed by atoms with Crippen molar-refractivity contribution in [3.63, 3.8) is 0 Å². The number of fused-ring (bicyclic) bond motifs is 1. The van der Waals surface area contributed by atoms with Gasteiger partial charge in [-0.2, -0.15) is 5.10 Å². The van der Waals surface area contributed by atoms with Gasteiger partial charge in [-0.3, -0.25) is 9.67 Å². The maximum absolute atomic E-state index is 11.7. The highest BCUT2D eigenvalue weighted by atomic mass is 16.6. The molecule has 1 aromatic carbocycles. The minimum atomic E-state index is -0.441. The molecule has 188 valence electrons. The molecule has 0 radical (unpaired) electrons. The Morgan fingerprint density at radius 3 is 2.57 bits per heavy atom. The summed E-state index contributed by atoms with van der Waals surface area (Å²) >= 11 is 0. The third-order valence-corrected chi connectivity index (χ3v) is 6.35. The highest BCUT2D eigenvalue weighted by Gasteiger charge is 2.21. The number of carbonyl (C=O) groups excluding carboxylic acids is 1. The van der Waals surface area contributed by atoms with E-state index in [0.29, 0.717) is 12.6 Å². The fourth-order valence-electron chi connectivity index (χ4n) is 4.49. The molecule has 1 amide bonds. The van der Waals surface area contributed by atoms with Crippen LogP contribution < -0.4 is 5.32 Å². The molecule has 1 fully saturated rings. The van der Waals surface area contributed by atoms with Crippen LogP contribution in [0.15, 0.2) is 42.9 Å². The minimum Gasteiger partial charge on any atom is -0.444 e. The number of hydrogen-bond donors (Lipinski definition) is 1. The van der Waals surface area contributed by atoms with Gasteiger partial charge < -0.3 is 15.0 Å². The Morgan fingerprint density at radius 2 is 1.80 bits per heavy atom. The van der Waals surface area contributed by atoms with E-state index in [1.165, 1.54) is 12.8 Å². The lowest BCUT2D eigenvalue weighted by molar-refractivity contribution is 0.0527. The molecule has 0 bridgehead atoms. The molecule has 1 N–H and O–H groups in total. The van der Waals surface area contributed by atoms with E-state index in [4.69, 9.17) is 9.72 Å². The molecule has 35 heavy (non-hydrogen) atoms. The number of piperidine rings is 1. The Balaban J connectivity index is 1.13. The summed E-state index contributed by atoms with van der Waals surface area (Å²) in [6, 6.07) is 8.38. The minimum absolute atomic E-state index is 0.324. The first-order chi connectivity index (χ1) is 16.9. The summed E-state index contributed by atoms with van der Waals surface area (Å²) in [6.07, 6.45) is 12.3. The molecular formula is C27H38N6O2. The normalized spacial score (nSPS) is 15.4. The summed E-state index contributed by atoms with van der Waals surface area (Å²) in [7, 11) is 0. The van der Waals surface area contributed by atoms with Gasteiger partial charge in [0.15, 0.2) is 0 Å². The number of rotatable bonds is 9. The van der Waals surface area contributed by atoms with Crippen molar-refractivity contribution in [2.45, 2.75) is 70.9 Å². The summed E-state index contributed by atoms with van der Waals surface area (Å²) in [6.45, 7) is 9.67. The number of aromatic nitrogens is 4. The van der Waals surface area contributed by atoms with E-state index in [1.807, 2.05) is 57.4 Å². The van der Waals surface area contributed by atoms with Gasteiger partial charge in [0.2, 0.25) is 0 Å². The van der Waals surface area contributed by atoms with Gasteiger partial charge in [-0.1, -0.05) is 25.0 Å². The van der Waals surface area contributed by atoms with Crippen molar-refractivity contribution in [3.8, 4) is 11.3 Å². The zero-order chi connectivity index (χ0) is 24.7. The Bertz CT molecular complexity index is 1100. The largest absolute Gasteiger partial charge is 0.444 e. The maximum atomic E-state index is 11.7. The number of alkyl carbamates (subject to hydrolysis) is 1. The summed E-state index contributed by atoms with van der Waals surface area (Å²) in [5, 5.41) is 7.48. The molecule has 2 aromatic heterocycles. The van der Waals surface area contributed by atoms with Crippen LogP contribution in [0.1, 0.15) is 65.3 Å². The number of amides is 1. The Labute approximate surface area is 208 Å². The number of nitrogens with one attached hydrogen (secondary N) is 1. The number of ether oxygens (including phenoxy) is 1. The summed E-state index contributed by atoms with van der Waals surface area (Å²) in [5.74, 6) is 0. The van der Waals surface area contributed by atoms with E-state index in [1.54, 1.807) is 0 Å². The van der Waals surface area contributed by atoms with Crippen LogP contribution in [0.5, 0.6) is 0 Å². The van der Waals surface area contributed by atoms with Gasteiger partial charge in [-0.25, -0.2) is 9.78 Å². The third-order valence-electron chi connectivity index (χ3n) is 6.35. The van der Waals surface area contributed by atoms with Crippen molar-refractivity contribution in [1.29, 1.82) is 0 Å². The zero-order valence-electron chi connectivity index (χ0n) is 21.2. The van der Waals surface area contributed by atoms with Gasteiger partial charge in [0.1, 0.15) is 5.60 Å². The zero-order valence-corrected chi connectivity index (χ0v) is 21.2. The fourth-order valence-corrected chi connectivity index (χ4v) is 4.49. The number of unbranched alkanes of at least 4 members (excludes halogenated alkanes) is 3. The van der Waals surface area contributed by atoms with Crippen molar-refractivity contribution in [2.75, 3.05) is 26.2 Å². The molecule has 1 saturated heterocycles. The Morgan fingerprint density at radius 1 is 1.06 bits per heavy atom. The second-order valence-corrected chi connectivity index (χ2v) is 10.4. The lowest BCUT2D eigenvalue weighted by Crippen LogP contribution is -2.35. The van der Waals surface area contributed by atoms with Crippen LogP contribution in [-0.2, 0) is 4.74 Å². The van der Waals surface area contributed by atoms with Crippen LogP contribution in [-0.4, -0.2) is 62.5 Å². The predicted octanol–water partition coefficient (Wildman–Crippen LogP) is 5.22. The molecule has 0 saturated carbocycles. The van der Waals surface area contributed by atoms with Gasteiger partial charge in [0.25, 0.3) is 0 Å². The van der Waals surface area contributed by atoms with Gasteiger partial charge >= 0.3 is 6.09 Å². The molecule has 0 atom stereocenters. The monoisotopic (exact) mass is 478 g/mol. The molecule has 3 heterocycles. The first-order valence-corrected chi connectivity index (χ1v) is 12.8. The lowest BCUT2D eigenvalue weighted by atomic mass is 10.0. The number of hydrogen-bond acceptors (Lipinski definition) is 6. The summed E-state index contributed by atoms with van der Waals surface area (Å²) < 4.78 is 7.37. The van der Waals surface area contributed by atoms with Crippen molar-refractivity contribution < 1.29 is 9.53 Å². The molecule has 0 aliphatic carbocycles. The summed E-state index contributed by atoms with van der Waals surface area (Å²) in [5.41, 5.74) is 3.27. The topological polar surface area (TPSA) is 85.2 Å². The van der Waals surface area contributed by atoms with Crippen LogP contribution in [0, 0.1) is 0 Å². The van der Waals surface area contributed by atoms with E-state index in [-0.39, 0.29) is 6.09 Å². The molecule has 1 aliphatic heterocycles. The van der Waals surface area contributed by atoms with Crippen molar-refractivity contribution in [2.24, 2.45) is 0 Å². The van der Waals surface area contributed by atoms with Crippen LogP contribution >= 0.6 is 0 Å². The standard InChI is InChI=1S/C27H38N6O2/c1-27(2,3)35-26(34)28-14-8-4-5-9-15-32-16-12-22(13-17-32)33-20-21(18-30-33)25-19-29-23-10-6-7-11-24(23)31-25/h6-7,10-11,18-20,22H,4-5,8-9,12-17H2,1-3H3,(H,28,34). The predicted molar refractivity (Wildman–Crippen MR) is 138 cm³/mol. The third kappa shape index (κ3) is 7.49. The van der Waals surface area contributed by atoms with Crippen LogP contribution in [0.2, 0.25) is 0 Å². The van der Waals surface area contributed by atoms with Gasteiger partial charge in [-0.05, 0) is 65.1 Å². The highest BCUT2D eigenvalue weighted by molar-refractivity contribution is 5.76. The molecule has 1 aliphatic rings. The van der Waals surface area contributed by atoms with E-state index in [9.17, 15) is 4.79 Å². The molecule has 8 heteroatoms. The molecule has 0 spiro atoms. The molecule has 0 unspecified atom stereocenters. The number of nitrogens with zero attached hydrogens (tertiary/aromatic N) is 5. The van der Waals surface area contributed by atoms with Gasteiger partial charge in [-0.15, -0.1) is 0 Å². The first kappa shape index (κ1) is 25.1. The molecule has 3 aromatic rings. The van der Waals surface area contributed by atoms with Gasteiger partial charge in [0, 0.05) is 31.4 Å². The van der Waals surface area contributed by atoms with E-state index in [2.05, 4.69) is 31.2 Å². The average Bonchev–Trinajstić information content (AvgIpc) is 3.33. The maximum Gasteiger partial charge on any atom is 0.407 e. The smallest absolute Gasteiger partial charge is 0.407 e. The van der Waals surface area contributed by atoms with E-state index < -0.39 is 5.60 Å². The number of benzene rings is 1. The Kier molecular flexibility index (Phi) is 8.33. The molecule has 4 rings (SSSR count). The van der Waals surface area contributed by atoms with Crippen molar-refractivity contribution in [1.82, 2.24) is 30.0 Å². The van der Waals surface area contributed by atoms with Crippen LogP contribution in [0.3, 0.4) is 0 Å². The number of para-hydroxylation sites is 2. The molecular weight excluding hydrogens is 440 g/mol. The second kappa shape index (κ2) is 11.6. The number of likely N-dealkylation sites (tertiary alicyclic amines) is 1.